The fourth-order valence-electron chi connectivity index (χ4n) is 3.23. The van der Waals surface area contributed by atoms with Gasteiger partial charge in [-0.05, 0) is 48.6 Å². The molecular weight excluding hydrogens is 422 g/mol. The zero-order valence-corrected chi connectivity index (χ0v) is 20.1. The molecule has 0 aliphatic carbocycles. The van der Waals surface area contributed by atoms with Gasteiger partial charge < -0.3 is 0 Å². The molecule has 0 bridgehead atoms. The molecule has 5 nitrogen and oxygen atoms in total. The molecule has 1 N–H and O–H groups in total. The summed E-state index contributed by atoms with van der Waals surface area (Å²) in [7, 11) is -4.02. The normalized spacial score (nSPS) is 14.4. The van der Waals surface area contributed by atoms with Crippen molar-refractivity contribution in [3.8, 4) is 0 Å². The average molecular weight is 458 g/mol. The standard InChI is InChI=1S/C19H27NO.C7H8O3S/c1-3-5-9-17(4-2)16-21-20-14-12-19(13-15-20)18-10-7-6-8-11-18;1-6-2-4-7(5-3-6)11(8,9)10/h6-8,10-14,17H,3-5,9,15-16H2,1-2H3;2-5H,1H3,(H,8,9,10). The van der Waals surface area contributed by atoms with Crippen LogP contribution in [0.3, 0.4) is 0 Å². The van der Waals surface area contributed by atoms with Crippen LogP contribution in [0.15, 0.2) is 77.8 Å². The maximum Gasteiger partial charge on any atom is 0.294 e. The minimum atomic E-state index is -4.02. The molecule has 3 rings (SSSR count). The molecule has 0 spiro atoms. The highest BCUT2D eigenvalue weighted by atomic mass is 32.2. The minimum Gasteiger partial charge on any atom is -0.282 e. The first-order valence-corrected chi connectivity index (χ1v) is 12.6. The minimum absolute atomic E-state index is 0.0666. The number of nitrogens with zero attached hydrogens (tertiary/aromatic N) is 1. The molecule has 1 aliphatic rings. The smallest absolute Gasteiger partial charge is 0.282 e. The maximum absolute atomic E-state index is 10.5. The third kappa shape index (κ3) is 8.99. The van der Waals surface area contributed by atoms with Crippen molar-refractivity contribution in [1.82, 2.24) is 5.06 Å². The lowest BCUT2D eigenvalue weighted by Crippen LogP contribution is -2.23. The first kappa shape index (κ1) is 25.8. The highest BCUT2D eigenvalue weighted by molar-refractivity contribution is 7.85. The second-order valence-corrected chi connectivity index (χ2v) is 9.36. The number of allylic oxidation sites excluding steroid dienone is 2. The van der Waals surface area contributed by atoms with E-state index in [9.17, 15) is 8.42 Å². The van der Waals surface area contributed by atoms with Gasteiger partial charge in [-0.2, -0.15) is 8.42 Å². The lowest BCUT2D eigenvalue weighted by Gasteiger charge is -2.24. The summed E-state index contributed by atoms with van der Waals surface area (Å²) in [6.45, 7) is 7.99. The quantitative estimate of drug-likeness (QED) is 0.448. The van der Waals surface area contributed by atoms with E-state index in [0.717, 1.165) is 18.7 Å². The van der Waals surface area contributed by atoms with E-state index in [1.807, 2.05) is 18.1 Å². The highest BCUT2D eigenvalue weighted by Gasteiger charge is 2.11. The molecule has 0 saturated carbocycles. The molecule has 0 aromatic heterocycles. The van der Waals surface area contributed by atoms with Crippen LogP contribution in [-0.2, 0) is 15.0 Å². The SMILES string of the molecule is CCCCC(CC)CON1C=CC(c2ccccc2)=CC1.Cc1ccc(S(=O)(=O)O)cc1. The van der Waals surface area contributed by atoms with E-state index in [0.29, 0.717) is 5.92 Å². The Balaban J connectivity index is 0.000000278. The van der Waals surface area contributed by atoms with Gasteiger partial charge in [-0.25, -0.2) is 0 Å². The van der Waals surface area contributed by atoms with Crippen LogP contribution in [0.25, 0.3) is 5.57 Å². The predicted octanol–water partition coefficient (Wildman–Crippen LogP) is 6.29. The summed E-state index contributed by atoms with van der Waals surface area (Å²) < 4.78 is 29.6. The maximum atomic E-state index is 10.5. The van der Waals surface area contributed by atoms with Gasteiger partial charge >= 0.3 is 0 Å². The Hall–Kier alpha value is -2.41. The molecular formula is C26H35NO4S. The summed E-state index contributed by atoms with van der Waals surface area (Å²) in [6.07, 6.45) is 11.4. The van der Waals surface area contributed by atoms with Crippen molar-refractivity contribution < 1.29 is 17.8 Å². The van der Waals surface area contributed by atoms with Crippen molar-refractivity contribution in [1.29, 1.82) is 0 Å². The molecule has 2 aromatic carbocycles. The van der Waals surface area contributed by atoms with Crippen molar-refractivity contribution >= 4 is 15.7 Å². The van der Waals surface area contributed by atoms with E-state index >= 15 is 0 Å². The van der Waals surface area contributed by atoms with E-state index in [1.165, 1.54) is 49.0 Å². The number of benzene rings is 2. The highest BCUT2D eigenvalue weighted by Crippen LogP contribution is 2.20. The summed E-state index contributed by atoms with van der Waals surface area (Å²) in [5.41, 5.74) is 3.49. The van der Waals surface area contributed by atoms with E-state index in [-0.39, 0.29) is 4.90 Å². The van der Waals surface area contributed by atoms with Crippen molar-refractivity contribution in [3.63, 3.8) is 0 Å². The van der Waals surface area contributed by atoms with Gasteiger partial charge in [-0.15, -0.1) is 0 Å². The number of hydroxylamine groups is 2. The van der Waals surface area contributed by atoms with E-state index in [4.69, 9.17) is 9.39 Å². The Morgan fingerprint density at radius 1 is 1.06 bits per heavy atom. The Morgan fingerprint density at radius 2 is 1.75 bits per heavy atom. The van der Waals surface area contributed by atoms with Crippen LogP contribution in [0.2, 0.25) is 0 Å². The Bertz CT molecular complexity index is 967. The number of unbranched alkanes of at least 4 members (excludes halogenated alkanes) is 1. The summed E-state index contributed by atoms with van der Waals surface area (Å²) in [5.74, 6) is 0.679. The molecule has 32 heavy (non-hydrogen) atoms. The van der Waals surface area contributed by atoms with E-state index < -0.39 is 10.1 Å². The van der Waals surface area contributed by atoms with Gasteiger partial charge in [0.25, 0.3) is 10.1 Å². The summed E-state index contributed by atoms with van der Waals surface area (Å²) in [4.78, 5) is 5.85. The molecule has 1 unspecified atom stereocenters. The first-order chi connectivity index (χ1) is 15.3. The molecule has 1 atom stereocenters. The largest absolute Gasteiger partial charge is 0.294 e. The van der Waals surface area contributed by atoms with Crippen LogP contribution in [0, 0.1) is 12.8 Å². The van der Waals surface area contributed by atoms with Gasteiger partial charge in [0.05, 0.1) is 18.0 Å². The summed E-state index contributed by atoms with van der Waals surface area (Å²) in [6, 6.07) is 16.5. The monoisotopic (exact) mass is 457 g/mol. The number of rotatable bonds is 9. The molecule has 0 fully saturated rings. The van der Waals surface area contributed by atoms with Crippen LogP contribution < -0.4 is 0 Å². The summed E-state index contributed by atoms with van der Waals surface area (Å²) in [5, 5.41) is 1.95. The van der Waals surface area contributed by atoms with Gasteiger partial charge in [0.1, 0.15) is 0 Å². The molecule has 174 valence electrons. The topological polar surface area (TPSA) is 66.8 Å². The fraction of sp³-hybridized carbons (Fsp3) is 0.385. The average Bonchev–Trinajstić information content (AvgIpc) is 2.80. The van der Waals surface area contributed by atoms with Crippen LogP contribution >= 0.6 is 0 Å². The predicted molar refractivity (Wildman–Crippen MR) is 131 cm³/mol. The first-order valence-electron chi connectivity index (χ1n) is 11.2. The van der Waals surface area contributed by atoms with E-state index in [2.05, 4.69) is 56.5 Å². The lowest BCUT2D eigenvalue weighted by atomic mass is 10.0. The van der Waals surface area contributed by atoms with Crippen LogP contribution in [0.4, 0.5) is 0 Å². The zero-order valence-electron chi connectivity index (χ0n) is 19.3. The fourth-order valence-corrected chi connectivity index (χ4v) is 3.71. The Labute approximate surface area is 193 Å². The third-order valence-electron chi connectivity index (χ3n) is 5.36. The lowest BCUT2D eigenvalue weighted by molar-refractivity contribution is -0.127. The molecule has 1 heterocycles. The van der Waals surface area contributed by atoms with Crippen LogP contribution in [0.1, 0.15) is 50.7 Å². The van der Waals surface area contributed by atoms with Crippen molar-refractivity contribution in [2.24, 2.45) is 5.92 Å². The second-order valence-electron chi connectivity index (χ2n) is 7.94. The van der Waals surface area contributed by atoms with Crippen LogP contribution in [0.5, 0.6) is 0 Å². The van der Waals surface area contributed by atoms with Crippen LogP contribution in [-0.4, -0.2) is 31.2 Å². The Kier molecular flexibility index (Phi) is 10.7. The molecule has 0 saturated heterocycles. The molecule has 2 aromatic rings. The van der Waals surface area contributed by atoms with Gasteiger partial charge in [-0.1, -0.05) is 87.2 Å². The second kappa shape index (κ2) is 13.2. The number of aryl methyl sites for hydroxylation is 1. The van der Waals surface area contributed by atoms with Crippen molar-refractivity contribution in [2.45, 2.75) is 51.3 Å². The molecule has 1 aliphatic heterocycles. The number of hydrogen-bond donors (Lipinski definition) is 1. The van der Waals surface area contributed by atoms with Crippen molar-refractivity contribution in [3.05, 3.63) is 84.1 Å². The van der Waals surface area contributed by atoms with Crippen molar-refractivity contribution in [2.75, 3.05) is 13.2 Å². The van der Waals surface area contributed by atoms with Gasteiger partial charge in [-0.3, -0.25) is 14.5 Å². The third-order valence-corrected chi connectivity index (χ3v) is 6.22. The van der Waals surface area contributed by atoms with Gasteiger partial charge in [0.2, 0.25) is 0 Å². The molecule has 0 radical (unpaired) electrons. The summed E-state index contributed by atoms with van der Waals surface area (Å²) >= 11 is 0. The molecule has 6 heteroatoms. The number of hydrogen-bond acceptors (Lipinski definition) is 4. The Morgan fingerprint density at radius 3 is 2.28 bits per heavy atom. The van der Waals surface area contributed by atoms with Gasteiger partial charge in [0, 0.05) is 6.20 Å². The van der Waals surface area contributed by atoms with Gasteiger partial charge in [0.15, 0.2) is 0 Å². The zero-order chi connectivity index (χ0) is 23.4. The van der Waals surface area contributed by atoms with E-state index in [1.54, 1.807) is 12.1 Å². The molecule has 0 amide bonds.